The van der Waals surface area contributed by atoms with Crippen molar-refractivity contribution in [1.82, 2.24) is 15.5 Å². The van der Waals surface area contributed by atoms with Crippen molar-refractivity contribution >= 4 is 43.8 Å². The van der Waals surface area contributed by atoms with Crippen molar-refractivity contribution in [2.24, 2.45) is 0 Å². The molecule has 27 heavy (non-hydrogen) atoms. The topological polar surface area (TPSA) is 52.7 Å². The van der Waals surface area contributed by atoms with Gasteiger partial charge in [0.05, 0.1) is 5.69 Å². The fourth-order valence-corrected chi connectivity index (χ4v) is 3.11. The van der Waals surface area contributed by atoms with Crippen LogP contribution in [-0.4, -0.2) is 29.3 Å². The first-order chi connectivity index (χ1) is 13.1. The lowest BCUT2D eigenvalue weighted by molar-refractivity contribution is 0.648. The number of hydrogen-bond donors (Lipinski definition) is 3. The number of nitrogens with one attached hydrogen (secondary N) is 3. The Morgan fingerprint density at radius 2 is 1.67 bits per heavy atom. The molecular formula is C21H22Br2N4. The average Bonchev–Trinajstić information content (AvgIpc) is 3.14. The van der Waals surface area contributed by atoms with Gasteiger partial charge in [-0.3, -0.25) is 5.10 Å². The zero-order chi connectivity index (χ0) is 19.1. The predicted molar refractivity (Wildman–Crippen MR) is 121 cm³/mol. The summed E-state index contributed by atoms with van der Waals surface area (Å²) in [7, 11) is 0. The van der Waals surface area contributed by atoms with Crippen molar-refractivity contribution in [2.75, 3.05) is 18.4 Å². The van der Waals surface area contributed by atoms with Gasteiger partial charge in [0.25, 0.3) is 0 Å². The molecule has 1 atom stereocenters. The largest absolute Gasteiger partial charge is 0.367 e. The first-order valence-corrected chi connectivity index (χ1v) is 10.4. The Labute approximate surface area is 176 Å². The van der Waals surface area contributed by atoms with Gasteiger partial charge in [-0.1, -0.05) is 68.3 Å². The van der Waals surface area contributed by atoms with E-state index in [2.05, 4.69) is 96.0 Å². The Bertz CT molecular complexity index is 870. The predicted octanol–water partition coefficient (Wildman–Crippen LogP) is 5.71. The SMILES string of the molecule is CC(/C=C/c1ccc(Br)cc1)NCCNc1cc(-c2ccc(Br)cc2)[nH]n1. The van der Waals surface area contributed by atoms with E-state index < -0.39 is 0 Å². The summed E-state index contributed by atoms with van der Waals surface area (Å²) in [5, 5.41) is 14.2. The van der Waals surface area contributed by atoms with Crippen molar-refractivity contribution < 1.29 is 0 Å². The van der Waals surface area contributed by atoms with Crippen LogP contribution in [0.2, 0.25) is 0 Å². The number of nitrogens with zero attached hydrogens (tertiary/aromatic N) is 1. The normalized spacial score (nSPS) is 12.4. The average molecular weight is 490 g/mol. The highest BCUT2D eigenvalue weighted by atomic mass is 79.9. The molecular weight excluding hydrogens is 468 g/mol. The van der Waals surface area contributed by atoms with Gasteiger partial charge >= 0.3 is 0 Å². The summed E-state index contributed by atoms with van der Waals surface area (Å²) < 4.78 is 2.16. The molecule has 6 heteroatoms. The summed E-state index contributed by atoms with van der Waals surface area (Å²) in [6, 6.07) is 18.8. The first-order valence-electron chi connectivity index (χ1n) is 8.82. The highest BCUT2D eigenvalue weighted by molar-refractivity contribution is 9.10. The number of rotatable bonds is 8. The molecule has 1 aromatic heterocycles. The minimum absolute atomic E-state index is 0.299. The van der Waals surface area contributed by atoms with E-state index in [1.807, 2.05) is 30.3 Å². The number of H-pyrrole nitrogens is 1. The van der Waals surface area contributed by atoms with E-state index in [1.165, 1.54) is 5.56 Å². The minimum Gasteiger partial charge on any atom is -0.367 e. The Morgan fingerprint density at radius 1 is 1.00 bits per heavy atom. The Balaban J connectivity index is 1.41. The summed E-state index contributed by atoms with van der Waals surface area (Å²) in [5.41, 5.74) is 3.31. The summed E-state index contributed by atoms with van der Waals surface area (Å²) in [5.74, 6) is 0.854. The number of benzene rings is 2. The molecule has 0 saturated heterocycles. The molecule has 0 aliphatic rings. The van der Waals surface area contributed by atoms with Crippen LogP contribution >= 0.6 is 31.9 Å². The van der Waals surface area contributed by atoms with Gasteiger partial charge in [-0.15, -0.1) is 0 Å². The van der Waals surface area contributed by atoms with E-state index in [4.69, 9.17) is 0 Å². The molecule has 4 nitrogen and oxygen atoms in total. The lowest BCUT2D eigenvalue weighted by Gasteiger charge is -2.09. The second-order valence-electron chi connectivity index (χ2n) is 6.25. The molecule has 0 radical (unpaired) electrons. The van der Waals surface area contributed by atoms with Crippen LogP contribution in [0.15, 0.2) is 69.6 Å². The van der Waals surface area contributed by atoms with E-state index >= 15 is 0 Å². The van der Waals surface area contributed by atoms with Crippen molar-refractivity contribution in [3.8, 4) is 11.3 Å². The van der Waals surface area contributed by atoms with Crippen LogP contribution in [0.5, 0.6) is 0 Å². The highest BCUT2D eigenvalue weighted by Gasteiger charge is 2.03. The molecule has 0 fully saturated rings. The fourth-order valence-electron chi connectivity index (χ4n) is 2.58. The Kier molecular flexibility index (Phi) is 7.26. The fraction of sp³-hybridized carbons (Fsp3) is 0.190. The lowest BCUT2D eigenvalue weighted by Crippen LogP contribution is -2.29. The van der Waals surface area contributed by atoms with Gasteiger partial charge < -0.3 is 10.6 Å². The van der Waals surface area contributed by atoms with Gasteiger partial charge in [0, 0.05) is 34.1 Å². The van der Waals surface area contributed by atoms with Gasteiger partial charge in [-0.25, -0.2) is 0 Å². The Morgan fingerprint density at radius 3 is 2.37 bits per heavy atom. The number of halogens is 2. The number of aromatic amines is 1. The highest BCUT2D eigenvalue weighted by Crippen LogP contribution is 2.21. The molecule has 0 bridgehead atoms. The maximum atomic E-state index is 4.32. The second kappa shape index (κ2) is 9.88. The van der Waals surface area contributed by atoms with Crippen LogP contribution in [0.1, 0.15) is 12.5 Å². The lowest BCUT2D eigenvalue weighted by atomic mass is 10.1. The molecule has 140 valence electrons. The van der Waals surface area contributed by atoms with Gasteiger partial charge in [0.15, 0.2) is 0 Å². The molecule has 3 rings (SSSR count). The van der Waals surface area contributed by atoms with Crippen LogP contribution in [-0.2, 0) is 0 Å². The molecule has 2 aromatic carbocycles. The molecule has 3 N–H and O–H groups in total. The molecule has 0 saturated carbocycles. The van der Waals surface area contributed by atoms with Crippen molar-refractivity contribution in [1.29, 1.82) is 0 Å². The van der Waals surface area contributed by atoms with Crippen molar-refractivity contribution in [3.63, 3.8) is 0 Å². The van der Waals surface area contributed by atoms with E-state index in [0.717, 1.165) is 39.1 Å². The van der Waals surface area contributed by atoms with E-state index in [1.54, 1.807) is 0 Å². The zero-order valence-electron chi connectivity index (χ0n) is 15.0. The van der Waals surface area contributed by atoms with E-state index in [-0.39, 0.29) is 0 Å². The van der Waals surface area contributed by atoms with Gasteiger partial charge in [-0.05, 0) is 42.3 Å². The molecule has 1 unspecified atom stereocenters. The van der Waals surface area contributed by atoms with Crippen LogP contribution < -0.4 is 10.6 Å². The van der Waals surface area contributed by atoms with E-state index in [0.29, 0.717) is 6.04 Å². The Hall–Kier alpha value is -1.89. The van der Waals surface area contributed by atoms with E-state index in [9.17, 15) is 0 Å². The zero-order valence-corrected chi connectivity index (χ0v) is 18.2. The van der Waals surface area contributed by atoms with Crippen molar-refractivity contribution in [2.45, 2.75) is 13.0 Å². The van der Waals surface area contributed by atoms with Crippen LogP contribution in [0, 0.1) is 0 Å². The molecule has 0 amide bonds. The first kappa shape index (κ1) is 19.9. The van der Waals surface area contributed by atoms with Crippen LogP contribution in [0.25, 0.3) is 17.3 Å². The van der Waals surface area contributed by atoms with Crippen LogP contribution in [0.3, 0.4) is 0 Å². The molecule has 0 aliphatic heterocycles. The monoisotopic (exact) mass is 488 g/mol. The number of hydrogen-bond acceptors (Lipinski definition) is 3. The third-order valence-corrected chi connectivity index (χ3v) is 5.14. The summed E-state index contributed by atoms with van der Waals surface area (Å²) in [6.45, 7) is 3.81. The summed E-state index contributed by atoms with van der Waals surface area (Å²) in [6.07, 6.45) is 4.30. The maximum absolute atomic E-state index is 4.32. The molecule has 0 aliphatic carbocycles. The standard InChI is InChI=1S/C21H22Br2N4/c1-15(2-3-16-4-8-18(22)9-5-16)24-12-13-25-21-14-20(26-27-21)17-6-10-19(23)11-7-17/h2-11,14-15,24H,12-13H2,1H3,(H2,25,26,27)/b3-2+. The number of anilines is 1. The quantitative estimate of drug-likeness (QED) is 0.355. The van der Waals surface area contributed by atoms with Gasteiger partial charge in [0.1, 0.15) is 5.82 Å². The maximum Gasteiger partial charge on any atom is 0.148 e. The molecule has 1 heterocycles. The minimum atomic E-state index is 0.299. The third kappa shape index (κ3) is 6.34. The third-order valence-electron chi connectivity index (χ3n) is 4.08. The summed E-state index contributed by atoms with van der Waals surface area (Å²) >= 11 is 6.90. The molecule has 3 aromatic rings. The second-order valence-corrected chi connectivity index (χ2v) is 8.09. The summed E-state index contributed by atoms with van der Waals surface area (Å²) in [4.78, 5) is 0. The van der Waals surface area contributed by atoms with Crippen molar-refractivity contribution in [3.05, 3.63) is 75.2 Å². The van der Waals surface area contributed by atoms with Crippen LogP contribution in [0.4, 0.5) is 5.82 Å². The number of aromatic nitrogens is 2. The molecule has 0 spiro atoms. The van der Waals surface area contributed by atoms with Gasteiger partial charge in [-0.2, -0.15) is 5.10 Å². The van der Waals surface area contributed by atoms with Gasteiger partial charge in [0.2, 0.25) is 0 Å². The smallest absolute Gasteiger partial charge is 0.148 e.